The number of aromatic nitrogens is 1. The molecule has 21 heavy (non-hydrogen) atoms. The predicted molar refractivity (Wildman–Crippen MR) is 71.8 cm³/mol. The maximum absolute atomic E-state index is 12.4. The second-order valence-electron chi connectivity index (χ2n) is 5.25. The van der Waals surface area contributed by atoms with E-state index in [-0.39, 0.29) is 11.5 Å². The van der Waals surface area contributed by atoms with Crippen molar-refractivity contribution in [1.29, 1.82) is 0 Å². The van der Waals surface area contributed by atoms with Crippen LogP contribution in [0.3, 0.4) is 0 Å². The highest BCUT2D eigenvalue weighted by atomic mass is 19.4. The van der Waals surface area contributed by atoms with Gasteiger partial charge in [-0.25, -0.2) is 0 Å². The van der Waals surface area contributed by atoms with Gasteiger partial charge in [-0.05, 0) is 44.5 Å². The maximum Gasteiger partial charge on any atom is 0.433 e. The number of hydrogen-bond acceptors (Lipinski definition) is 3. The molecule has 1 aliphatic rings. The Hall–Kier alpha value is -1.63. The summed E-state index contributed by atoms with van der Waals surface area (Å²) in [6.45, 7) is 2.09. The Labute approximate surface area is 121 Å². The molecule has 1 saturated heterocycles. The van der Waals surface area contributed by atoms with E-state index in [0.29, 0.717) is 19.0 Å². The molecule has 0 unspecified atom stereocenters. The third-order valence-electron chi connectivity index (χ3n) is 3.60. The van der Waals surface area contributed by atoms with E-state index in [9.17, 15) is 18.0 Å². The van der Waals surface area contributed by atoms with Crippen LogP contribution in [0.1, 0.15) is 28.9 Å². The van der Waals surface area contributed by atoms with Gasteiger partial charge in [0.1, 0.15) is 5.69 Å². The van der Waals surface area contributed by atoms with E-state index in [1.165, 1.54) is 6.07 Å². The predicted octanol–water partition coefficient (Wildman–Crippen LogP) is 2.17. The molecule has 0 bridgehead atoms. The zero-order valence-electron chi connectivity index (χ0n) is 11.8. The third-order valence-corrected chi connectivity index (χ3v) is 3.60. The normalized spacial score (nSPS) is 19.6. The highest BCUT2D eigenvalue weighted by Crippen LogP contribution is 2.27. The molecular formula is C14H18F3N3O. The van der Waals surface area contributed by atoms with Crippen LogP contribution in [0.15, 0.2) is 18.3 Å². The first-order valence-corrected chi connectivity index (χ1v) is 6.89. The number of halogens is 3. The summed E-state index contributed by atoms with van der Waals surface area (Å²) in [5, 5.41) is 3.09. The minimum Gasteiger partial charge on any atom is -0.338 e. The summed E-state index contributed by atoms with van der Waals surface area (Å²) in [6.07, 6.45) is -1.51. The van der Waals surface area contributed by atoms with Gasteiger partial charge in [-0.2, -0.15) is 13.2 Å². The average molecular weight is 301 g/mol. The number of carbonyl (C=O) groups is 1. The van der Waals surface area contributed by atoms with Gasteiger partial charge in [-0.15, -0.1) is 0 Å². The van der Waals surface area contributed by atoms with Crippen molar-refractivity contribution in [2.75, 3.05) is 26.7 Å². The minimum absolute atomic E-state index is 0.202. The van der Waals surface area contributed by atoms with Crippen LogP contribution in [0.25, 0.3) is 0 Å². The summed E-state index contributed by atoms with van der Waals surface area (Å²) in [6, 6.07) is 2.04. The van der Waals surface area contributed by atoms with Crippen molar-refractivity contribution in [3.8, 4) is 0 Å². The lowest BCUT2D eigenvalue weighted by molar-refractivity contribution is -0.141. The molecule has 4 nitrogen and oxygen atoms in total. The van der Waals surface area contributed by atoms with Gasteiger partial charge in [0.15, 0.2) is 0 Å². The summed E-state index contributed by atoms with van der Waals surface area (Å²) >= 11 is 0. The van der Waals surface area contributed by atoms with Crippen molar-refractivity contribution in [1.82, 2.24) is 15.2 Å². The van der Waals surface area contributed by atoms with Crippen LogP contribution in [-0.4, -0.2) is 42.5 Å². The fraction of sp³-hybridized carbons (Fsp3) is 0.571. The number of likely N-dealkylation sites (tertiary alicyclic amines) is 1. The molecule has 1 aromatic rings. The second-order valence-corrected chi connectivity index (χ2v) is 5.25. The Balaban J connectivity index is 2.05. The number of nitrogens with one attached hydrogen (secondary N) is 1. The number of carbonyl (C=O) groups excluding carboxylic acids is 1. The molecule has 2 rings (SSSR count). The van der Waals surface area contributed by atoms with E-state index in [4.69, 9.17) is 0 Å². The monoisotopic (exact) mass is 301 g/mol. The summed E-state index contributed by atoms with van der Waals surface area (Å²) in [4.78, 5) is 17.3. The molecule has 0 aromatic carbocycles. The topological polar surface area (TPSA) is 45.2 Å². The smallest absolute Gasteiger partial charge is 0.338 e. The highest BCUT2D eigenvalue weighted by Gasteiger charge is 2.32. The minimum atomic E-state index is -4.48. The first-order chi connectivity index (χ1) is 9.91. The first-order valence-electron chi connectivity index (χ1n) is 6.89. The second kappa shape index (κ2) is 6.43. The van der Waals surface area contributed by atoms with Crippen LogP contribution in [0.2, 0.25) is 0 Å². The Morgan fingerprint density at radius 2 is 2.24 bits per heavy atom. The van der Waals surface area contributed by atoms with E-state index in [0.717, 1.165) is 31.6 Å². The Bertz CT molecular complexity index is 485. The van der Waals surface area contributed by atoms with Crippen molar-refractivity contribution in [2.24, 2.45) is 5.92 Å². The van der Waals surface area contributed by atoms with Crippen molar-refractivity contribution in [2.45, 2.75) is 19.0 Å². The van der Waals surface area contributed by atoms with Crippen LogP contribution < -0.4 is 5.32 Å². The fourth-order valence-corrected chi connectivity index (χ4v) is 2.58. The van der Waals surface area contributed by atoms with Crippen LogP contribution in [0, 0.1) is 5.92 Å². The fourth-order valence-electron chi connectivity index (χ4n) is 2.58. The van der Waals surface area contributed by atoms with Crippen LogP contribution in [-0.2, 0) is 6.18 Å². The van der Waals surface area contributed by atoms with Crippen molar-refractivity contribution in [3.63, 3.8) is 0 Å². The zero-order chi connectivity index (χ0) is 15.5. The van der Waals surface area contributed by atoms with Gasteiger partial charge in [-0.1, -0.05) is 0 Å². The van der Waals surface area contributed by atoms with Crippen molar-refractivity contribution < 1.29 is 18.0 Å². The van der Waals surface area contributed by atoms with Crippen LogP contribution in [0.5, 0.6) is 0 Å². The van der Waals surface area contributed by atoms with Crippen LogP contribution >= 0.6 is 0 Å². The number of pyridine rings is 1. The van der Waals surface area contributed by atoms with Crippen molar-refractivity contribution >= 4 is 5.91 Å². The van der Waals surface area contributed by atoms with Gasteiger partial charge >= 0.3 is 6.18 Å². The quantitative estimate of drug-likeness (QED) is 0.930. The number of nitrogens with zero attached hydrogens (tertiary/aromatic N) is 2. The molecule has 0 radical (unpaired) electrons. The molecule has 1 N–H and O–H groups in total. The summed E-state index contributed by atoms with van der Waals surface area (Å²) in [5.74, 6) is 0.132. The SMILES string of the molecule is CNC[C@H]1CCCN(C(=O)c2ccc(C(F)(F)F)nc2)C1. The van der Waals surface area contributed by atoms with Gasteiger partial charge in [0.2, 0.25) is 0 Å². The summed E-state index contributed by atoms with van der Waals surface area (Å²) in [7, 11) is 1.86. The first kappa shape index (κ1) is 15.8. The number of rotatable bonds is 3. The largest absolute Gasteiger partial charge is 0.433 e. The molecule has 7 heteroatoms. The molecule has 2 heterocycles. The Morgan fingerprint density at radius 1 is 1.48 bits per heavy atom. The van der Waals surface area contributed by atoms with E-state index in [1.54, 1.807) is 4.90 Å². The molecule has 0 aliphatic carbocycles. The van der Waals surface area contributed by atoms with Gasteiger partial charge in [0, 0.05) is 19.3 Å². The molecule has 1 atom stereocenters. The molecule has 0 saturated carbocycles. The number of alkyl halides is 3. The lowest BCUT2D eigenvalue weighted by Gasteiger charge is -2.32. The Kier molecular flexibility index (Phi) is 4.82. The lowest BCUT2D eigenvalue weighted by atomic mass is 9.97. The molecule has 1 aromatic heterocycles. The van der Waals surface area contributed by atoms with E-state index >= 15 is 0 Å². The molecule has 116 valence electrons. The van der Waals surface area contributed by atoms with Crippen LogP contribution in [0.4, 0.5) is 13.2 Å². The highest BCUT2D eigenvalue weighted by molar-refractivity contribution is 5.94. The van der Waals surface area contributed by atoms with Gasteiger partial charge in [0.05, 0.1) is 5.56 Å². The van der Waals surface area contributed by atoms with Crippen molar-refractivity contribution in [3.05, 3.63) is 29.6 Å². The molecule has 0 spiro atoms. The molecular weight excluding hydrogens is 283 g/mol. The Morgan fingerprint density at radius 3 is 2.81 bits per heavy atom. The lowest BCUT2D eigenvalue weighted by Crippen LogP contribution is -2.42. The zero-order valence-corrected chi connectivity index (χ0v) is 11.8. The third kappa shape index (κ3) is 3.93. The van der Waals surface area contributed by atoms with Gasteiger partial charge in [0.25, 0.3) is 5.91 Å². The molecule has 1 amide bonds. The van der Waals surface area contributed by atoms with E-state index in [2.05, 4.69) is 10.3 Å². The molecule has 1 fully saturated rings. The number of amides is 1. The van der Waals surface area contributed by atoms with E-state index < -0.39 is 11.9 Å². The van der Waals surface area contributed by atoms with Gasteiger partial charge < -0.3 is 10.2 Å². The maximum atomic E-state index is 12.4. The summed E-state index contributed by atoms with van der Waals surface area (Å²) in [5.41, 5.74) is -0.779. The summed E-state index contributed by atoms with van der Waals surface area (Å²) < 4.78 is 37.3. The van der Waals surface area contributed by atoms with E-state index in [1.807, 2.05) is 7.05 Å². The number of hydrogen-bond donors (Lipinski definition) is 1. The molecule has 1 aliphatic heterocycles. The average Bonchev–Trinajstić information content (AvgIpc) is 2.46. The van der Waals surface area contributed by atoms with Gasteiger partial charge in [-0.3, -0.25) is 9.78 Å². The standard InChI is InChI=1S/C14H18F3N3O/c1-18-7-10-3-2-6-20(9-10)13(21)11-4-5-12(19-8-11)14(15,16)17/h4-5,8,10,18H,2-3,6-7,9H2,1H3/t10-/m1/s1. The number of piperidine rings is 1.